The Morgan fingerprint density at radius 2 is 2.28 bits per heavy atom. The molecular formula is C18H19N5OS. The van der Waals surface area contributed by atoms with Gasteiger partial charge in [0, 0.05) is 37.1 Å². The van der Waals surface area contributed by atoms with E-state index in [0.717, 1.165) is 41.5 Å². The number of likely N-dealkylation sites (tertiary alicyclic amines) is 1. The summed E-state index contributed by atoms with van der Waals surface area (Å²) in [6.45, 7) is 3.39. The zero-order valence-corrected chi connectivity index (χ0v) is 14.8. The van der Waals surface area contributed by atoms with E-state index in [-0.39, 0.29) is 11.8 Å². The molecule has 0 bridgehead atoms. The number of thiazole rings is 1. The van der Waals surface area contributed by atoms with Gasteiger partial charge in [0.1, 0.15) is 17.0 Å². The SMILES string of the molecule is Cc1ncsc1C(=O)N1CCC[C@H](c2cccc(-n3ccnc3)n2)C1. The van der Waals surface area contributed by atoms with Gasteiger partial charge in [-0.25, -0.2) is 15.0 Å². The maximum Gasteiger partial charge on any atom is 0.265 e. The molecule has 1 aliphatic heterocycles. The number of imidazole rings is 1. The van der Waals surface area contributed by atoms with Gasteiger partial charge in [-0.05, 0) is 31.9 Å². The molecule has 0 N–H and O–H groups in total. The zero-order chi connectivity index (χ0) is 17.2. The summed E-state index contributed by atoms with van der Waals surface area (Å²) in [5, 5.41) is 0. The standard InChI is InChI=1S/C18H19N5OS/c1-13-17(25-12-20-13)18(24)22-8-3-4-14(10-22)15-5-2-6-16(21-15)23-9-7-19-11-23/h2,5-7,9,11-12,14H,3-4,8,10H2,1H3/t14-/m0/s1. The minimum absolute atomic E-state index is 0.0930. The van der Waals surface area contributed by atoms with Crippen molar-refractivity contribution in [2.24, 2.45) is 0 Å². The van der Waals surface area contributed by atoms with E-state index in [1.54, 1.807) is 18.0 Å². The van der Waals surface area contributed by atoms with Crippen LogP contribution in [0.3, 0.4) is 0 Å². The number of pyridine rings is 1. The number of amides is 1. The van der Waals surface area contributed by atoms with Crippen LogP contribution in [0.25, 0.3) is 5.82 Å². The molecule has 0 aliphatic carbocycles. The van der Waals surface area contributed by atoms with Crippen LogP contribution in [0.15, 0.2) is 42.4 Å². The van der Waals surface area contributed by atoms with Crippen molar-refractivity contribution in [2.75, 3.05) is 13.1 Å². The topological polar surface area (TPSA) is 63.9 Å². The molecule has 7 heteroatoms. The molecule has 0 saturated carbocycles. The van der Waals surface area contributed by atoms with Gasteiger partial charge >= 0.3 is 0 Å². The van der Waals surface area contributed by atoms with E-state index < -0.39 is 0 Å². The van der Waals surface area contributed by atoms with Gasteiger partial charge in [-0.15, -0.1) is 11.3 Å². The molecule has 128 valence electrons. The van der Waals surface area contributed by atoms with E-state index in [0.29, 0.717) is 6.54 Å². The normalized spacial score (nSPS) is 17.6. The number of hydrogen-bond donors (Lipinski definition) is 0. The highest BCUT2D eigenvalue weighted by Crippen LogP contribution is 2.28. The summed E-state index contributed by atoms with van der Waals surface area (Å²) in [6, 6.07) is 6.04. The maximum atomic E-state index is 12.8. The van der Waals surface area contributed by atoms with Gasteiger partial charge in [0.2, 0.25) is 0 Å². The number of rotatable bonds is 3. The lowest BCUT2D eigenvalue weighted by molar-refractivity contribution is 0.0710. The molecule has 4 rings (SSSR count). The van der Waals surface area contributed by atoms with Crippen LogP contribution >= 0.6 is 11.3 Å². The van der Waals surface area contributed by atoms with E-state index in [4.69, 9.17) is 4.98 Å². The number of aromatic nitrogens is 4. The second-order valence-corrected chi connectivity index (χ2v) is 7.10. The first-order valence-corrected chi connectivity index (χ1v) is 9.25. The summed E-state index contributed by atoms with van der Waals surface area (Å²) in [4.78, 5) is 28.5. The molecule has 4 heterocycles. The number of aryl methyl sites for hydroxylation is 1. The Hall–Kier alpha value is -2.54. The molecule has 1 atom stereocenters. The number of nitrogens with zero attached hydrogens (tertiary/aromatic N) is 5. The van der Waals surface area contributed by atoms with Crippen LogP contribution < -0.4 is 0 Å². The summed E-state index contributed by atoms with van der Waals surface area (Å²) in [6.07, 6.45) is 7.41. The third-order valence-corrected chi connectivity index (χ3v) is 5.51. The molecule has 0 unspecified atom stereocenters. The molecule has 3 aromatic heterocycles. The van der Waals surface area contributed by atoms with Crippen molar-refractivity contribution >= 4 is 17.2 Å². The molecule has 0 radical (unpaired) electrons. The Morgan fingerprint density at radius 3 is 3.04 bits per heavy atom. The number of hydrogen-bond acceptors (Lipinski definition) is 5. The minimum atomic E-state index is 0.0930. The third kappa shape index (κ3) is 3.19. The van der Waals surface area contributed by atoms with Crippen LogP contribution in [-0.2, 0) is 0 Å². The predicted molar refractivity (Wildman–Crippen MR) is 96.1 cm³/mol. The molecule has 1 amide bonds. The Balaban J connectivity index is 1.55. The average molecular weight is 353 g/mol. The first-order valence-electron chi connectivity index (χ1n) is 8.37. The lowest BCUT2D eigenvalue weighted by Gasteiger charge is -2.32. The van der Waals surface area contributed by atoms with Gasteiger partial charge in [-0.2, -0.15) is 0 Å². The first kappa shape index (κ1) is 16.0. The maximum absolute atomic E-state index is 12.8. The Bertz CT molecular complexity index is 873. The first-order chi connectivity index (χ1) is 12.2. The average Bonchev–Trinajstić information content (AvgIpc) is 3.33. The van der Waals surface area contributed by atoms with Crippen molar-refractivity contribution in [3.8, 4) is 5.82 Å². The van der Waals surface area contributed by atoms with Crippen molar-refractivity contribution in [3.05, 3.63) is 58.7 Å². The van der Waals surface area contributed by atoms with Crippen LogP contribution in [0.2, 0.25) is 0 Å². The molecular weight excluding hydrogens is 334 g/mol. The molecule has 1 saturated heterocycles. The quantitative estimate of drug-likeness (QED) is 0.726. The van der Waals surface area contributed by atoms with Crippen LogP contribution in [-0.4, -0.2) is 43.4 Å². The molecule has 25 heavy (non-hydrogen) atoms. The molecule has 3 aromatic rings. The number of carbonyl (C=O) groups is 1. The smallest absolute Gasteiger partial charge is 0.265 e. The lowest BCUT2D eigenvalue weighted by Crippen LogP contribution is -2.39. The van der Waals surface area contributed by atoms with E-state index in [1.807, 2.05) is 34.7 Å². The monoisotopic (exact) mass is 353 g/mol. The Morgan fingerprint density at radius 1 is 1.36 bits per heavy atom. The van der Waals surface area contributed by atoms with Crippen molar-refractivity contribution < 1.29 is 4.79 Å². The van der Waals surface area contributed by atoms with E-state index >= 15 is 0 Å². The van der Waals surface area contributed by atoms with Gasteiger partial charge in [-0.1, -0.05) is 6.07 Å². The molecule has 1 aliphatic rings. The highest BCUT2D eigenvalue weighted by Gasteiger charge is 2.28. The summed E-state index contributed by atoms with van der Waals surface area (Å²) in [5.74, 6) is 1.21. The molecule has 0 aromatic carbocycles. The molecule has 1 fully saturated rings. The van der Waals surface area contributed by atoms with Crippen LogP contribution in [0.1, 0.15) is 39.8 Å². The zero-order valence-electron chi connectivity index (χ0n) is 14.0. The Kier molecular flexibility index (Phi) is 4.31. The van der Waals surface area contributed by atoms with Gasteiger partial charge in [-0.3, -0.25) is 9.36 Å². The second kappa shape index (κ2) is 6.76. The van der Waals surface area contributed by atoms with E-state index in [1.165, 1.54) is 11.3 Å². The summed E-state index contributed by atoms with van der Waals surface area (Å²) >= 11 is 1.42. The van der Waals surface area contributed by atoms with Crippen LogP contribution in [0.5, 0.6) is 0 Å². The van der Waals surface area contributed by atoms with Gasteiger partial charge in [0.15, 0.2) is 0 Å². The largest absolute Gasteiger partial charge is 0.337 e. The predicted octanol–water partition coefficient (Wildman–Crippen LogP) is 3.05. The van der Waals surface area contributed by atoms with Crippen molar-refractivity contribution in [1.29, 1.82) is 0 Å². The van der Waals surface area contributed by atoms with E-state index in [9.17, 15) is 4.79 Å². The van der Waals surface area contributed by atoms with Crippen LogP contribution in [0.4, 0.5) is 0 Å². The number of carbonyl (C=O) groups excluding carboxylic acids is 1. The highest BCUT2D eigenvalue weighted by molar-refractivity contribution is 7.11. The fourth-order valence-electron chi connectivity index (χ4n) is 3.26. The summed E-state index contributed by atoms with van der Waals surface area (Å²) in [7, 11) is 0. The van der Waals surface area contributed by atoms with Gasteiger partial charge in [0.05, 0.1) is 11.2 Å². The summed E-state index contributed by atoms with van der Waals surface area (Å²) in [5.41, 5.74) is 3.59. The van der Waals surface area contributed by atoms with Gasteiger partial charge < -0.3 is 4.90 Å². The van der Waals surface area contributed by atoms with Gasteiger partial charge in [0.25, 0.3) is 5.91 Å². The molecule has 0 spiro atoms. The van der Waals surface area contributed by atoms with Crippen molar-refractivity contribution in [1.82, 2.24) is 24.4 Å². The van der Waals surface area contributed by atoms with E-state index in [2.05, 4.69) is 16.0 Å². The summed E-state index contributed by atoms with van der Waals surface area (Å²) < 4.78 is 1.90. The number of piperidine rings is 1. The fourth-order valence-corrected chi connectivity index (χ4v) is 4.03. The second-order valence-electron chi connectivity index (χ2n) is 6.25. The Labute approximate surface area is 150 Å². The molecule has 6 nitrogen and oxygen atoms in total. The lowest BCUT2D eigenvalue weighted by atomic mass is 9.94. The van der Waals surface area contributed by atoms with Crippen molar-refractivity contribution in [2.45, 2.75) is 25.7 Å². The third-order valence-electron chi connectivity index (χ3n) is 4.59. The highest BCUT2D eigenvalue weighted by atomic mass is 32.1. The fraction of sp³-hybridized carbons (Fsp3) is 0.333. The van der Waals surface area contributed by atoms with Crippen molar-refractivity contribution in [3.63, 3.8) is 0 Å². The van der Waals surface area contributed by atoms with Crippen LogP contribution in [0, 0.1) is 6.92 Å². The minimum Gasteiger partial charge on any atom is -0.337 e.